The second-order valence-electron chi connectivity index (χ2n) is 4.64. The maximum absolute atomic E-state index is 13.7. The number of halogens is 1. The van der Waals surface area contributed by atoms with Crippen LogP contribution < -0.4 is 15.8 Å². The van der Waals surface area contributed by atoms with Gasteiger partial charge in [-0.25, -0.2) is 4.39 Å². The average Bonchev–Trinajstić information content (AvgIpc) is 2.47. The van der Waals surface area contributed by atoms with E-state index in [1.165, 1.54) is 13.2 Å². The number of carbonyl (C=O) groups excluding carboxylic acids is 1. The topological polar surface area (TPSA) is 64.3 Å². The zero-order valence-corrected chi connectivity index (χ0v) is 11.9. The fourth-order valence-corrected chi connectivity index (χ4v) is 2.14. The molecule has 0 aliphatic rings. The van der Waals surface area contributed by atoms with Gasteiger partial charge in [-0.15, -0.1) is 0 Å². The lowest BCUT2D eigenvalue weighted by atomic mass is 10.1. The Kier molecular flexibility index (Phi) is 4.42. The summed E-state index contributed by atoms with van der Waals surface area (Å²) in [5.74, 6) is -0.407. The number of benzene rings is 2. The van der Waals surface area contributed by atoms with E-state index in [2.05, 4.69) is 5.32 Å². The summed E-state index contributed by atoms with van der Waals surface area (Å²) in [6.45, 7) is 1.72. The molecule has 0 fully saturated rings. The lowest BCUT2D eigenvalue weighted by molar-refractivity contribution is 0.0936. The van der Waals surface area contributed by atoms with Crippen LogP contribution in [0.3, 0.4) is 0 Å². The van der Waals surface area contributed by atoms with Crippen molar-refractivity contribution in [1.82, 2.24) is 5.32 Å². The Bertz CT molecular complexity index is 658. The molecule has 0 spiro atoms. The van der Waals surface area contributed by atoms with Gasteiger partial charge in [0.25, 0.3) is 5.91 Å². The molecule has 4 nitrogen and oxygen atoms in total. The Morgan fingerprint density at radius 2 is 1.95 bits per heavy atom. The van der Waals surface area contributed by atoms with Gasteiger partial charge < -0.3 is 15.8 Å². The number of nitrogen functional groups attached to an aromatic ring is 1. The molecule has 5 heteroatoms. The fraction of sp³-hybridized carbons (Fsp3) is 0.188. The number of methoxy groups -OCH3 is 1. The molecule has 1 atom stereocenters. The Hall–Kier alpha value is -2.56. The van der Waals surface area contributed by atoms with Gasteiger partial charge in [0.15, 0.2) is 5.75 Å². The number of nitrogens with one attached hydrogen (secondary N) is 1. The minimum absolute atomic E-state index is 0.315. The van der Waals surface area contributed by atoms with Crippen LogP contribution in [0.5, 0.6) is 5.75 Å². The van der Waals surface area contributed by atoms with E-state index in [-0.39, 0.29) is 11.7 Å². The van der Waals surface area contributed by atoms with Crippen LogP contribution in [-0.2, 0) is 0 Å². The molecule has 2 aromatic rings. The van der Waals surface area contributed by atoms with Crippen molar-refractivity contribution in [3.8, 4) is 5.75 Å². The molecule has 0 aromatic heterocycles. The van der Waals surface area contributed by atoms with Crippen molar-refractivity contribution in [3.05, 3.63) is 59.4 Å². The van der Waals surface area contributed by atoms with E-state index in [1.54, 1.807) is 43.3 Å². The molecule has 2 aromatic carbocycles. The number of rotatable bonds is 4. The third kappa shape index (κ3) is 3.13. The molecule has 3 N–H and O–H groups in total. The molecule has 0 bridgehead atoms. The van der Waals surface area contributed by atoms with E-state index >= 15 is 0 Å². The fourth-order valence-electron chi connectivity index (χ4n) is 2.14. The van der Waals surface area contributed by atoms with Crippen LogP contribution in [0.1, 0.15) is 28.9 Å². The molecule has 2 rings (SSSR count). The van der Waals surface area contributed by atoms with Crippen LogP contribution >= 0.6 is 0 Å². The van der Waals surface area contributed by atoms with Gasteiger partial charge in [-0.1, -0.05) is 24.3 Å². The minimum Gasteiger partial charge on any atom is -0.494 e. The molecule has 1 unspecified atom stereocenters. The molecule has 0 saturated carbocycles. The highest BCUT2D eigenvalue weighted by Crippen LogP contribution is 2.26. The van der Waals surface area contributed by atoms with Gasteiger partial charge in [0, 0.05) is 5.56 Å². The van der Waals surface area contributed by atoms with E-state index in [0.717, 1.165) is 0 Å². The van der Waals surface area contributed by atoms with Crippen molar-refractivity contribution < 1.29 is 13.9 Å². The Labute approximate surface area is 122 Å². The van der Waals surface area contributed by atoms with Gasteiger partial charge in [-0.3, -0.25) is 4.79 Å². The number of amides is 1. The first-order chi connectivity index (χ1) is 10.0. The van der Waals surface area contributed by atoms with E-state index < -0.39 is 6.04 Å². The van der Waals surface area contributed by atoms with Gasteiger partial charge in [0.2, 0.25) is 0 Å². The standard InChI is InChI=1S/C16H17FN2O2/c1-10(11-6-3-4-8-13(11)17)19-16(20)12-7-5-9-14(18)15(12)21-2/h3-10H,18H2,1-2H3,(H,19,20). The number of hydrogen-bond donors (Lipinski definition) is 2. The molecule has 0 aliphatic heterocycles. The Morgan fingerprint density at radius 3 is 2.62 bits per heavy atom. The normalized spacial score (nSPS) is 11.8. The lowest BCUT2D eigenvalue weighted by Crippen LogP contribution is -2.27. The summed E-state index contributed by atoms with van der Waals surface area (Å²) in [4.78, 5) is 12.3. The van der Waals surface area contributed by atoms with Crippen LogP contribution in [0.25, 0.3) is 0 Å². The van der Waals surface area contributed by atoms with E-state index in [0.29, 0.717) is 22.6 Å². The van der Waals surface area contributed by atoms with Gasteiger partial charge in [0.05, 0.1) is 24.4 Å². The average molecular weight is 288 g/mol. The summed E-state index contributed by atoms with van der Waals surface area (Å²) in [6.07, 6.45) is 0. The van der Waals surface area contributed by atoms with Crippen molar-refractivity contribution in [2.45, 2.75) is 13.0 Å². The highest BCUT2D eigenvalue weighted by molar-refractivity contribution is 5.98. The summed E-state index contributed by atoms with van der Waals surface area (Å²) >= 11 is 0. The van der Waals surface area contributed by atoms with Crippen molar-refractivity contribution in [2.24, 2.45) is 0 Å². The van der Waals surface area contributed by atoms with Crippen molar-refractivity contribution in [3.63, 3.8) is 0 Å². The maximum Gasteiger partial charge on any atom is 0.255 e. The molecule has 0 saturated heterocycles. The molecule has 1 amide bonds. The predicted octanol–water partition coefficient (Wildman–Crippen LogP) is 2.91. The summed E-state index contributed by atoms with van der Waals surface area (Å²) in [7, 11) is 1.45. The molecular weight excluding hydrogens is 271 g/mol. The second-order valence-corrected chi connectivity index (χ2v) is 4.64. The van der Waals surface area contributed by atoms with Gasteiger partial charge in [-0.05, 0) is 25.1 Å². The minimum atomic E-state index is -0.468. The van der Waals surface area contributed by atoms with Crippen molar-refractivity contribution in [2.75, 3.05) is 12.8 Å². The summed E-state index contributed by atoms with van der Waals surface area (Å²) in [5.41, 5.74) is 6.89. The van der Waals surface area contributed by atoms with Crippen LogP contribution in [0.15, 0.2) is 42.5 Å². The first kappa shape index (κ1) is 14.8. The van der Waals surface area contributed by atoms with E-state index in [1.807, 2.05) is 0 Å². The molecule has 21 heavy (non-hydrogen) atoms. The van der Waals surface area contributed by atoms with Crippen LogP contribution in [0, 0.1) is 5.82 Å². The van der Waals surface area contributed by atoms with Crippen molar-refractivity contribution in [1.29, 1.82) is 0 Å². The van der Waals surface area contributed by atoms with Gasteiger partial charge >= 0.3 is 0 Å². The van der Waals surface area contributed by atoms with E-state index in [4.69, 9.17) is 10.5 Å². The molecule has 110 valence electrons. The highest BCUT2D eigenvalue weighted by Gasteiger charge is 2.18. The lowest BCUT2D eigenvalue weighted by Gasteiger charge is -2.17. The van der Waals surface area contributed by atoms with Gasteiger partial charge in [0.1, 0.15) is 5.82 Å². The summed E-state index contributed by atoms with van der Waals surface area (Å²) in [6, 6.07) is 10.8. The Morgan fingerprint density at radius 1 is 1.24 bits per heavy atom. The van der Waals surface area contributed by atoms with Crippen LogP contribution in [0.2, 0.25) is 0 Å². The number of carbonyl (C=O) groups is 1. The third-order valence-corrected chi connectivity index (χ3v) is 3.21. The molecule has 0 radical (unpaired) electrons. The largest absolute Gasteiger partial charge is 0.494 e. The zero-order valence-electron chi connectivity index (χ0n) is 11.9. The molecule has 0 aliphatic carbocycles. The third-order valence-electron chi connectivity index (χ3n) is 3.21. The number of nitrogens with two attached hydrogens (primary N) is 1. The van der Waals surface area contributed by atoms with Gasteiger partial charge in [-0.2, -0.15) is 0 Å². The Balaban J connectivity index is 2.23. The molecular formula is C16H17FN2O2. The molecule has 0 heterocycles. The monoisotopic (exact) mass is 288 g/mol. The first-order valence-electron chi connectivity index (χ1n) is 6.52. The van der Waals surface area contributed by atoms with Crippen LogP contribution in [-0.4, -0.2) is 13.0 Å². The zero-order chi connectivity index (χ0) is 15.4. The SMILES string of the molecule is COc1c(N)cccc1C(=O)NC(C)c1ccccc1F. The number of para-hydroxylation sites is 1. The first-order valence-corrected chi connectivity index (χ1v) is 6.52. The highest BCUT2D eigenvalue weighted by atomic mass is 19.1. The van der Waals surface area contributed by atoms with Crippen LogP contribution in [0.4, 0.5) is 10.1 Å². The number of ether oxygens (including phenoxy) is 1. The van der Waals surface area contributed by atoms with E-state index in [9.17, 15) is 9.18 Å². The van der Waals surface area contributed by atoms with Crippen molar-refractivity contribution >= 4 is 11.6 Å². The number of hydrogen-bond acceptors (Lipinski definition) is 3. The quantitative estimate of drug-likeness (QED) is 0.850. The number of anilines is 1. The maximum atomic E-state index is 13.7. The smallest absolute Gasteiger partial charge is 0.255 e. The predicted molar refractivity (Wildman–Crippen MR) is 79.7 cm³/mol. The summed E-state index contributed by atoms with van der Waals surface area (Å²) < 4.78 is 18.9. The second kappa shape index (κ2) is 6.26. The summed E-state index contributed by atoms with van der Waals surface area (Å²) in [5, 5.41) is 2.74.